The van der Waals surface area contributed by atoms with Crippen molar-refractivity contribution in [3.05, 3.63) is 176 Å². The molecule has 3 heteroatoms. The van der Waals surface area contributed by atoms with Crippen LogP contribution >= 0.6 is 11.3 Å². The molecule has 2 aromatic heterocycles. The predicted molar refractivity (Wildman–Crippen MR) is 210 cm³/mol. The monoisotopic (exact) mass is 643 g/mol. The number of nitrogens with zero attached hydrogens (tertiary/aromatic N) is 1. The summed E-state index contributed by atoms with van der Waals surface area (Å²) in [5, 5.41) is 7.14. The number of benzene rings is 8. The largest absolute Gasteiger partial charge is 0.455 e. The van der Waals surface area contributed by atoms with Gasteiger partial charge in [0.15, 0.2) is 0 Å². The molecule has 0 saturated carbocycles. The zero-order chi connectivity index (χ0) is 32.3. The molecule has 8 aromatic carbocycles. The van der Waals surface area contributed by atoms with E-state index in [2.05, 4.69) is 181 Å². The summed E-state index contributed by atoms with van der Waals surface area (Å²) in [6.45, 7) is 0. The van der Waals surface area contributed by atoms with E-state index in [0.717, 1.165) is 50.1 Å². The molecule has 0 fully saturated rings. The Bertz CT molecular complexity index is 2810. The minimum absolute atomic E-state index is 0.870. The van der Waals surface area contributed by atoms with Gasteiger partial charge in [0.25, 0.3) is 0 Å². The molecule has 49 heavy (non-hydrogen) atoms. The first-order valence-corrected chi connectivity index (χ1v) is 17.4. The molecule has 0 amide bonds. The molecule has 0 unspecified atom stereocenters. The van der Waals surface area contributed by atoms with Crippen LogP contribution in [-0.2, 0) is 0 Å². The lowest BCUT2D eigenvalue weighted by molar-refractivity contribution is 0.670. The number of furan rings is 1. The molecule has 0 spiro atoms. The average Bonchev–Trinajstić information content (AvgIpc) is 3.74. The van der Waals surface area contributed by atoms with Crippen LogP contribution in [0.1, 0.15) is 0 Å². The van der Waals surface area contributed by atoms with Crippen LogP contribution in [0.3, 0.4) is 0 Å². The van der Waals surface area contributed by atoms with Crippen LogP contribution in [0.2, 0.25) is 0 Å². The molecule has 2 nitrogen and oxygen atoms in total. The molecule has 2 heterocycles. The number of thiophene rings is 1. The quantitative estimate of drug-likeness (QED) is 0.186. The summed E-state index contributed by atoms with van der Waals surface area (Å²) < 4.78 is 9.44. The molecular weight excluding hydrogens is 615 g/mol. The Morgan fingerprint density at radius 3 is 1.90 bits per heavy atom. The summed E-state index contributed by atoms with van der Waals surface area (Å²) >= 11 is 1.85. The Morgan fingerprint density at radius 2 is 1.08 bits per heavy atom. The highest BCUT2D eigenvalue weighted by atomic mass is 32.1. The molecule has 0 aliphatic carbocycles. The van der Waals surface area contributed by atoms with E-state index in [-0.39, 0.29) is 0 Å². The molecule has 230 valence electrons. The van der Waals surface area contributed by atoms with Crippen molar-refractivity contribution >= 4 is 81.3 Å². The highest BCUT2D eigenvalue weighted by Gasteiger charge is 2.24. The maximum atomic E-state index is 6.90. The summed E-state index contributed by atoms with van der Waals surface area (Å²) in [4.78, 5) is 2.43. The van der Waals surface area contributed by atoms with Crippen LogP contribution < -0.4 is 4.90 Å². The first-order valence-electron chi connectivity index (χ1n) is 16.6. The molecule has 0 saturated heterocycles. The summed E-state index contributed by atoms with van der Waals surface area (Å²) in [7, 11) is 0. The van der Waals surface area contributed by atoms with E-state index in [9.17, 15) is 0 Å². The van der Waals surface area contributed by atoms with Crippen LogP contribution in [0.5, 0.6) is 0 Å². The van der Waals surface area contributed by atoms with Crippen molar-refractivity contribution in [3.8, 4) is 22.3 Å². The normalized spacial score (nSPS) is 11.7. The van der Waals surface area contributed by atoms with Crippen LogP contribution in [-0.4, -0.2) is 0 Å². The van der Waals surface area contributed by atoms with Gasteiger partial charge in [-0.25, -0.2) is 0 Å². The van der Waals surface area contributed by atoms with Gasteiger partial charge in [-0.05, 0) is 69.9 Å². The fourth-order valence-electron chi connectivity index (χ4n) is 7.43. The van der Waals surface area contributed by atoms with Gasteiger partial charge in [-0.1, -0.05) is 133 Å². The van der Waals surface area contributed by atoms with Crippen molar-refractivity contribution in [1.82, 2.24) is 0 Å². The standard InChI is InChI=1S/C46H29NOS/c1-3-13-30(14-4-1)31-25-27-34(28-26-31)47(40-22-11-20-37-36-19-9-10-24-42(36)49-46(37)40)39-21-12-23-41-44(39)38-29-33-17-7-8-18-35(33)43(45(38)48-41)32-15-5-2-6-16-32/h1-29H. The van der Waals surface area contributed by atoms with Crippen molar-refractivity contribution in [1.29, 1.82) is 0 Å². The van der Waals surface area contributed by atoms with Gasteiger partial charge in [0.2, 0.25) is 0 Å². The second-order valence-electron chi connectivity index (χ2n) is 12.5. The molecular formula is C46H29NOS. The van der Waals surface area contributed by atoms with Crippen molar-refractivity contribution in [3.63, 3.8) is 0 Å². The van der Waals surface area contributed by atoms with E-state index in [1.54, 1.807) is 0 Å². The molecule has 0 bridgehead atoms. The summed E-state index contributed by atoms with van der Waals surface area (Å²) in [6, 6.07) is 63.0. The molecule has 0 aliphatic rings. The van der Waals surface area contributed by atoms with Crippen LogP contribution in [0.25, 0.3) is 75.1 Å². The number of fused-ring (bicyclic) bond motifs is 7. The molecule has 10 rings (SSSR count). The summed E-state index contributed by atoms with van der Waals surface area (Å²) in [6.07, 6.45) is 0. The van der Waals surface area contributed by atoms with E-state index < -0.39 is 0 Å². The average molecular weight is 644 g/mol. The Morgan fingerprint density at radius 1 is 0.449 bits per heavy atom. The Labute approximate surface area is 287 Å². The lowest BCUT2D eigenvalue weighted by Crippen LogP contribution is -2.10. The third kappa shape index (κ3) is 4.47. The van der Waals surface area contributed by atoms with E-state index in [1.165, 1.54) is 42.1 Å². The van der Waals surface area contributed by atoms with Gasteiger partial charge in [-0.3, -0.25) is 0 Å². The number of hydrogen-bond acceptors (Lipinski definition) is 3. The second-order valence-corrected chi connectivity index (χ2v) is 13.5. The zero-order valence-corrected chi connectivity index (χ0v) is 27.3. The minimum Gasteiger partial charge on any atom is -0.455 e. The van der Waals surface area contributed by atoms with Gasteiger partial charge in [0.05, 0.1) is 21.5 Å². The molecule has 0 N–H and O–H groups in total. The third-order valence-corrected chi connectivity index (χ3v) is 10.9. The van der Waals surface area contributed by atoms with E-state index in [1.807, 2.05) is 11.3 Å². The van der Waals surface area contributed by atoms with Crippen LogP contribution in [0.15, 0.2) is 180 Å². The highest BCUT2D eigenvalue weighted by molar-refractivity contribution is 7.26. The Hall–Kier alpha value is -6.16. The molecule has 0 aliphatic heterocycles. The van der Waals surface area contributed by atoms with Crippen molar-refractivity contribution < 1.29 is 4.42 Å². The third-order valence-electron chi connectivity index (χ3n) is 9.65. The zero-order valence-electron chi connectivity index (χ0n) is 26.5. The second kappa shape index (κ2) is 11.2. The lowest BCUT2D eigenvalue weighted by Gasteiger charge is -2.27. The predicted octanol–water partition coefficient (Wildman–Crippen LogP) is 13.9. The number of rotatable bonds is 5. The first kappa shape index (κ1) is 27.9. The first-order chi connectivity index (χ1) is 24.3. The van der Waals surface area contributed by atoms with Gasteiger partial charge in [0.1, 0.15) is 11.2 Å². The minimum atomic E-state index is 0.870. The van der Waals surface area contributed by atoms with Gasteiger partial charge in [0, 0.05) is 32.1 Å². The van der Waals surface area contributed by atoms with Crippen LogP contribution in [0, 0.1) is 0 Å². The Kier molecular flexibility index (Phi) is 6.39. The number of anilines is 3. The van der Waals surface area contributed by atoms with Gasteiger partial charge in [-0.2, -0.15) is 0 Å². The van der Waals surface area contributed by atoms with Crippen molar-refractivity contribution in [2.24, 2.45) is 0 Å². The van der Waals surface area contributed by atoms with Gasteiger partial charge < -0.3 is 9.32 Å². The lowest BCUT2D eigenvalue weighted by atomic mass is 9.95. The maximum Gasteiger partial charge on any atom is 0.143 e. The van der Waals surface area contributed by atoms with Crippen molar-refractivity contribution in [2.75, 3.05) is 4.90 Å². The SMILES string of the molecule is c1ccc(-c2ccc(N(c3cccc4c3sc3ccccc34)c3cccc4oc5c(-c6ccccc6)c6ccccc6cc5c34)cc2)cc1. The van der Waals surface area contributed by atoms with Gasteiger partial charge >= 0.3 is 0 Å². The van der Waals surface area contributed by atoms with Crippen molar-refractivity contribution in [2.45, 2.75) is 0 Å². The summed E-state index contributed by atoms with van der Waals surface area (Å²) in [5.74, 6) is 0. The van der Waals surface area contributed by atoms with E-state index >= 15 is 0 Å². The topological polar surface area (TPSA) is 16.4 Å². The highest BCUT2D eigenvalue weighted by Crippen LogP contribution is 2.49. The molecule has 0 atom stereocenters. The smallest absolute Gasteiger partial charge is 0.143 e. The van der Waals surface area contributed by atoms with E-state index in [4.69, 9.17) is 4.42 Å². The Balaban J connectivity index is 1.29. The fraction of sp³-hybridized carbons (Fsp3) is 0. The van der Waals surface area contributed by atoms with E-state index in [0.29, 0.717) is 0 Å². The molecule has 10 aromatic rings. The van der Waals surface area contributed by atoms with Gasteiger partial charge in [-0.15, -0.1) is 11.3 Å². The molecule has 0 radical (unpaired) electrons. The van der Waals surface area contributed by atoms with Crippen LogP contribution in [0.4, 0.5) is 17.1 Å². The number of hydrogen-bond donors (Lipinski definition) is 0. The maximum absolute atomic E-state index is 6.90. The summed E-state index contributed by atoms with van der Waals surface area (Å²) in [5.41, 5.74) is 9.78. The fourth-order valence-corrected chi connectivity index (χ4v) is 8.64.